The fraction of sp³-hybridized carbons (Fsp3) is 0.0909. The minimum absolute atomic E-state index is 0.0461. The van der Waals surface area contributed by atoms with Crippen molar-refractivity contribution in [2.24, 2.45) is 5.73 Å². The third kappa shape index (κ3) is 5.80. The Morgan fingerprint density at radius 2 is 1.77 bits per heavy atom. The lowest BCUT2D eigenvalue weighted by Crippen LogP contribution is -2.25. The molecule has 3 N–H and O–H groups in total. The van der Waals surface area contributed by atoms with E-state index in [1.54, 1.807) is 42.5 Å². The van der Waals surface area contributed by atoms with E-state index in [0.29, 0.717) is 29.8 Å². The number of primary amides is 1. The van der Waals surface area contributed by atoms with Gasteiger partial charge in [-0.3, -0.25) is 19.7 Å². The van der Waals surface area contributed by atoms with Crippen molar-refractivity contribution in [3.05, 3.63) is 98.6 Å². The largest absolute Gasteiger partial charge is 0.450 e. The van der Waals surface area contributed by atoms with Crippen LogP contribution >= 0.6 is 11.6 Å². The number of nitrogens with zero attached hydrogens (tertiary/aromatic N) is 1. The van der Waals surface area contributed by atoms with Crippen LogP contribution in [0.25, 0.3) is 0 Å². The summed E-state index contributed by atoms with van der Waals surface area (Å²) in [5, 5.41) is 14.2. The van der Waals surface area contributed by atoms with Gasteiger partial charge in [0.25, 0.3) is 5.91 Å². The van der Waals surface area contributed by atoms with Gasteiger partial charge in [-0.1, -0.05) is 23.7 Å². The number of ether oxygens (including phenoxy) is 1. The number of nitro groups is 1. The van der Waals surface area contributed by atoms with Gasteiger partial charge in [-0.15, -0.1) is 0 Å². The molecule has 0 radical (unpaired) electrons. The van der Waals surface area contributed by atoms with Gasteiger partial charge in [0, 0.05) is 28.8 Å². The fourth-order valence-corrected chi connectivity index (χ4v) is 2.99. The highest BCUT2D eigenvalue weighted by molar-refractivity contribution is 6.30. The fourth-order valence-electron chi connectivity index (χ4n) is 2.82. The maximum atomic E-state index is 12.3. The Bertz CT molecular complexity index is 1130. The first-order valence-corrected chi connectivity index (χ1v) is 9.60. The molecule has 31 heavy (non-hydrogen) atoms. The van der Waals surface area contributed by atoms with E-state index in [2.05, 4.69) is 5.32 Å². The predicted molar refractivity (Wildman–Crippen MR) is 116 cm³/mol. The molecule has 0 saturated carbocycles. The first-order valence-electron chi connectivity index (χ1n) is 9.22. The summed E-state index contributed by atoms with van der Waals surface area (Å²) in [7, 11) is 0. The molecule has 0 unspecified atom stereocenters. The summed E-state index contributed by atoms with van der Waals surface area (Å²) in [6.07, 6.45) is 0.536. The van der Waals surface area contributed by atoms with E-state index in [9.17, 15) is 19.7 Å². The number of hydrogen-bond acceptors (Lipinski definition) is 5. The van der Waals surface area contributed by atoms with Crippen molar-refractivity contribution in [3.63, 3.8) is 0 Å². The first kappa shape index (κ1) is 21.8. The topological polar surface area (TPSA) is 125 Å². The number of halogens is 1. The Morgan fingerprint density at radius 1 is 1.03 bits per heavy atom. The second kappa shape index (κ2) is 9.73. The molecule has 8 nitrogen and oxygen atoms in total. The maximum Gasteiger partial charge on any atom is 0.313 e. The Labute approximate surface area is 182 Å². The molecule has 0 saturated heterocycles. The van der Waals surface area contributed by atoms with E-state index in [0.717, 1.165) is 5.56 Å². The van der Waals surface area contributed by atoms with Crippen molar-refractivity contribution < 1.29 is 19.2 Å². The second-order valence-corrected chi connectivity index (χ2v) is 7.00. The number of benzene rings is 3. The van der Waals surface area contributed by atoms with Crippen LogP contribution in [0, 0.1) is 10.1 Å². The van der Waals surface area contributed by atoms with Crippen LogP contribution in [0.4, 0.5) is 5.69 Å². The van der Waals surface area contributed by atoms with Crippen LogP contribution in [0.1, 0.15) is 26.3 Å². The average molecular weight is 440 g/mol. The quantitative estimate of drug-likeness (QED) is 0.403. The van der Waals surface area contributed by atoms with E-state index in [-0.39, 0.29) is 22.4 Å². The van der Waals surface area contributed by atoms with Crippen LogP contribution in [0.5, 0.6) is 11.5 Å². The minimum atomic E-state index is -0.581. The zero-order chi connectivity index (χ0) is 22.4. The summed E-state index contributed by atoms with van der Waals surface area (Å²) in [5.41, 5.74) is 6.72. The molecule has 0 heterocycles. The smallest absolute Gasteiger partial charge is 0.313 e. The molecule has 0 spiro atoms. The summed E-state index contributed by atoms with van der Waals surface area (Å²) in [4.78, 5) is 34.1. The molecule has 3 rings (SSSR count). The van der Waals surface area contributed by atoms with Crippen molar-refractivity contribution in [1.82, 2.24) is 5.32 Å². The molecular weight excluding hydrogens is 422 g/mol. The summed E-state index contributed by atoms with van der Waals surface area (Å²) in [5.74, 6) is -0.401. The van der Waals surface area contributed by atoms with Gasteiger partial charge in [0.1, 0.15) is 5.75 Å². The molecule has 2 amide bonds. The molecular formula is C22H18ClN3O5. The highest BCUT2D eigenvalue weighted by Gasteiger charge is 2.16. The van der Waals surface area contributed by atoms with Crippen LogP contribution in [0.2, 0.25) is 5.02 Å². The van der Waals surface area contributed by atoms with E-state index in [4.69, 9.17) is 22.1 Å². The lowest BCUT2D eigenvalue weighted by Gasteiger charge is -2.09. The van der Waals surface area contributed by atoms with E-state index in [1.165, 1.54) is 18.2 Å². The number of nitro benzene ring substituents is 1. The van der Waals surface area contributed by atoms with Crippen LogP contribution < -0.4 is 15.8 Å². The zero-order valence-electron chi connectivity index (χ0n) is 16.2. The van der Waals surface area contributed by atoms with E-state index in [1.807, 2.05) is 6.07 Å². The third-order valence-electron chi connectivity index (χ3n) is 4.37. The molecule has 0 atom stereocenters. The minimum Gasteiger partial charge on any atom is -0.450 e. The molecule has 0 aliphatic rings. The van der Waals surface area contributed by atoms with Gasteiger partial charge in [0.2, 0.25) is 11.7 Å². The second-order valence-electron chi connectivity index (χ2n) is 6.57. The number of amides is 2. The number of nitrogens with two attached hydrogens (primary N) is 1. The van der Waals surface area contributed by atoms with Crippen molar-refractivity contribution in [2.75, 3.05) is 6.54 Å². The maximum absolute atomic E-state index is 12.3. The predicted octanol–water partition coefficient (Wildman–Crippen LogP) is 4.11. The van der Waals surface area contributed by atoms with Crippen molar-refractivity contribution in [1.29, 1.82) is 0 Å². The Kier molecular flexibility index (Phi) is 6.84. The molecule has 0 bridgehead atoms. The van der Waals surface area contributed by atoms with Gasteiger partial charge in [-0.25, -0.2) is 0 Å². The number of rotatable bonds is 8. The summed E-state index contributed by atoms with van der Waals surface area (Å²) in [6, 6.07) is 17.2. The summed E-state index contributed by atoms with van der Waals surface area (Å²) >= 11 is 5.80. The Morgan fingerprint density at radius 3 is 2.45 bits per heavy atom. The van der Waals surface area contributed by atoms with Gasteiger partial charge >= 0.3 is 5.69 Å². The highest BCUT2D eigenvalue weighted by atomic mass is 35.5. The van der Waals surface area contributed by atoms with E-state index < -0.39 is 10.8 Å². The van der Waals surface area contributed by atoms with Gasteiger partial charge in [-0.2, -0.15) is 0 Å². The van der Waals surface area contributed by atoms with Crippen LogP contribution in [0.15, 0.2) is 66.7 Å². The molecule has 3 aromatic carbocycles. The summed E-state index contributed by atoms with van der Waals surface area (Å²) < 4.78 is 5.56. The average Bonchev–Trinajstić information content (AvgIpc) is 2.75. The van der Waals surface area contributed by atoms with Crippen LogP contribution in [-0.2, 0) is 6.42 Å². The van der Waals surface area contributed by atoms with Crippen molar-refractivity contribution >= 4 is 29.1 Å². The standard InChI is InChI=1S/C22H18ClN3O5/c23-17-6-9-20(19(13-17)26(29)30)31-18-7-4-15(5-8-18)22(28)25-11-10-14-2-1-3-16(12-14)21(24)27/h1-9,12-13H,10-11H2,(H2,24,27)(H,25,28). The Hall–Kier alpha value is -3.91. The number of hydrogen-bond donors (Lipinski definition) is 2. The highest BCUT2D eigenvalue weighted by Crippen LogP contribution is 2.33. The molecule has 9 heteroatoms. The molecule has 158 valence electrons. The van der Waals surface area contributed by atoms with Crippen molar-refractivity contribution in [3.8, 4) is 11.5 Å². The first-order chi connectivity index (χ1) is 14.8. The molecule has 0 aromatic heterocycles. The Balaban J connectivity index is 1.59. The van der Waals surface area contributed by atoms with Gasteiger partial charge in [0.15, 0.2) is 0 Å². The van der Waals surface area contributed by atoms with Crippen molar-refractivity contribution in [2.45, 2.75) is 6.42 Å². The van der Waals surface area contributed by atoms with Gasteiger partial charge < -0.3 is 15.8 Å². The third-order valence-corrected chi connectivity index (χ3v) is 4.61. The lowest BCUT2D eigenvalue weighted by atomic mass is 10.1. The molecule has 0 fully saturated rings. The van der Waals surface area contributed by atoms with E-state index >= 15 is 0 Å². The lowest BCUT2D eigenvalue weighted by molar-refractivity contribution is -0.385. The SMILES string of the molecule is NC(=O)c1cccc(CCNC(=O)c2ccc(Oc3ccc(Cl)cc3[N+](=O)[O-])cc2)c1. The number of carbonyl (C=O) groups is 2. The number of carbonyl (C=O) groups excluding carboxylic acids is 2. The normalized spacial score (nSPS) is 10.4. The monoisotopic (exact) mass is 439 g/mol. The zero-order valence-corrected chi connectivity index (χ0v) is 17.0. The molecule has 3 aromatic rings. The van der Waals surface area contributed by atoms with Gasteiger partial charge in [-0.05, 0) is 60.5 Å². The van der Waals surface area contributed by atoms with Gasteiger partial charge in [0.05, 0.1) is 4.92 Å². The number of nitrogens with one attached hydrogen (secondary N) is 1. The van der Waals surface area contributed by atoms with Crippen LogP contribution in [-0.4, -0.2) is 23.3 Å². The molecule has 0 aliphatic carbocycles. The summed E-state index contributed by atoms with van der Waals surface area (Å²) in [6.45, 7) is 0.371. The molecule has 0 aliphatic heterocycles. The van der Waals surface area contributed by atoms with Crippen LogP contribution in [0.3, 0.4) is 0 Å².